The average Bonchev–Trinajstić information content (AvgIpc) is 2.79. The molecule has 0 saturated heterocycles. The summed E-state index contributed by atoms with van der Waals surface area (Å²) in [5.41, 5.74) is 2.12. The molecule has 0 saturated carbocycles. The van der Waals surface area contributed by atoms with Crippen molar-refractivity contribution in [1.29, 1.82) is 0 Å². The van der Waals surface area contributed by atoms with E-state index in [-0.39, 0.29) is 6.10 Å². The molecule has 3 rings (SSSR count). The minimum absolute atomic E-state index is 0.256. The van der Waals surface area contributed by atoms with Crippen LogP contribution in [0.1, 0.15) is 24.2 Å². The van der Waals surface area contributed by atoms with Crippen LogP contribution in [0.3, 0.4) is 0 Å². The highest BCUT2D eigenvalue weighted by molar-refractivity contribution is 5.41. The van der Waals surface area contributed by atoms with Crippen LogP contribution in [0.25, 0.3) is 0 Å². The van der Waals surface area contributed by atoms with E-state index in [1.807, 2.05) is 55.5 Å². The number of hydrogen-bond acceptors (Lipinski definition) is 3. The maximum atomic E-state index is 10.4. The number of aliphatic hydroxyl groups excluding tert-OH is 1. The van der Waals surface area contributed by atoms with Gasteiger partial charge in [0.2, 0.25) is 0 Å². The topological polar surface area (TPSA) is 38.7 Å². The van der Waals surface area contributed by atoms with Crippen molar-refractivity contribution in [1.82, 2.24) is 0 Å². The van der Waals surface area contributed by atoms with Gasteiger partial charge in [-0.2, -0.15) is 0 Å². The summed E-state index contributed by atoms with van der Waals surface area (Å²) >= 11 is 0. The fourth-order valence-corrected chi connectivity index (χ4v) is 2.63. The number of ether oxygens (including phenoxy) is 2. The first-order chi connectivity index (χ1) is 9.79. The van der Waals surface area contributed by atoms with E-state index in [4.69, 9.17) is 9.47 Å². The summed E-state index contributed by atoms with van der Waals surface area (Å²) in [6.07, 6.45) is -0.118. The van der Waals surface area contributed by atoms with Crippen molar-refractivity contribution >= 4 is 0 Å². The lowest BCUT2D eigenvalue weighted by Crippen LogP contribution is -2.21. The lowest BCUT2D eigenvalue weighted by Gasteiger charge is -2.19. The normalized spacial score (nSPS) is 20.5. The number of para-hydroxylation sites is 2. The minimum Gasteiger partial charge on any atom is -0.490 e. The van der Waals surface area contributed by atoms with Gasteiger partial charge in [-0.05, 0) is 30.2 Å². The Bertz CT molecular complexity index is 594. The minimum atomic E-state index is -0.583. The van der Waals surface area contributed by atoms with E-state index >= 15 is 0 Å². The fraction of sp³-hybridized carbons (Fsp3) is 0.294. The summed E-state index contributed by atoms with van der Waals surface area (Å²) in [7, 11) is 0. The van der Waals surface area contributed by atoms with Gasteiger partial charge in [0.25, 0.3) is 0 Å². The van der Waals surface area contributed by atoms with E-state index < -0.39 is 6.10 Å². The SMILES string of the molecule is CCOc1ccccc1OC1Cc2ccccc2C1O. The summed E-state index contributed by atoms with van der Waals surface area (Å²) < 4.78 is 11.5. The third-order valence-corrected chi connectivity index (χ3v) is 3.57. The third-order valence-electron chi connectivity index (χ3n) is 3.57. The van der Waals surface area contributed by atoms with Crippen molar-refractivity contribution in [3.63, 3.8) is 0 Å². The van der Waals surface area contributed by atoms with E-state index in [1.165, 1.54) is 0 Å². The molecule has 1 aliphatic rings. The number of hydrogen-bond donors (Lipinski definition) is 1. The monoisotopic (exact) mass is 270 g/mol. The smallest absolute Gasteiger partial charge is 0.161 e. The van der Waals surface area contributed by atoms with Crippen LogP contribution in [0, 0.1) is 0 Å². The largest absolute Gasteiger partial charge is 0.490 e. The number of aliphatic hydroxyl groups is 1. The quantitative estimate of drug-likeness (QED) is 0.927. The van der Waals surface area contributed by atoms with E-state index in [1.54, 1.807) is 0 Å². The Labute approximate surface area is 118 Å². The van der Waals surface area contributed by atoms with Crippen molar-refractivity contribution in [2.75, 3.05) is 6.61 Å². The lowest BCUT2D eigenvalue weighted by atomic mass is 10.1. The van der Waals surface area contributed by atoms with Gasteiger partial charge < -0.3 is 14.6 Å². The van der Waals surface area contributed by atoms with Crippen LogP contribution in [-0.2, 0) is 6.42 Å². The summed E-state index contributed by atoms with van der Waals surface area (Å²) in [5, 5.41) is 10.4. The Balaban J connectivity index is 1.80. The summed E-state index contributed by atoms with van der Waals surface area (Å²) in [6.45, 7) is 2.53. The summed E-state index contributed by atoms with van der Waals surface area (Å²) in [6, 6.07) is 15.5. The van der Waals surface area contributed by atoms with Gasteiger partial charge in [-0.3, -0.25) is 0 Å². The highest BCUT2D eigenvalue weighted by atomic mass is 16.5. The number of fused-ring (bicyclic) bond motifs is 1. The molecule has 0 aromatic heterocycles. The van der Waals surface area contributed by atoms with Gasteiger partial charge in [0.1, 0.15) is 12.2 Å². The Morgan fingerprint density at radius 1 is 1.05 bits per heavy atom. The summed E-state index contributed by atoms with van der Waals surface area (Å²) in [5.74, 6) is 1.41. The molecule has 104 valence electrons. The van der Waals surface area contributed by atoms with Crippen LogP contribution in [-0.4, -0.2) is 17.8 Å². The molecule has 0 heterocycles. The van der Waals surface area contributed by atoms with Crippen LogP contribution in [0.15, 0.2) is 48.5 Å². The molecule has 1 aliphatic carbocycles. The van der Waals surface area contributed by atoms with Crippen LogP contribution in [0.2, 0.25) is 0 Å². The molecule has 0 fully saturated rings. The molecule has 0 aliphatic heterocycles. The van der Waals surface area contributed by atoms with Crippen LogP contribution < -0.4 is 9.47 Å². The molecule has 0 radical (unpaired) electrons. The van der Waals surface area contributed by atoms with Crippen LogP contribution in [0.5, 0.6) is 11.5 Å². The van der Waals surface area contributed by atoms with Crippen LogP contribution in [0.4, 0.5) is 0 Å². The Morgan fingerprint density at radius 2 is 1.75 bits per heavy atom. The zero-order chi connectivity index (χ0) is 13.9. The van der Waals surface area contributed by atoms with Gasteiger partial charge in [-0.1, -0.05) is 36.4 Å². The number of benzene rings is 2. The van der Waals surface area contributed by atoms with Gasteiger partial charge in [0.15, 0.2) is 11.5 Å². The second-order valence-electron chi connectivity index (χ2n) is 4.88. The van der Waals surface area contributed by atoms with E-state index in [2.05, 4.69) is 0 Å². The Hall–Kier alpha value is -2.00. The molecular formula is C17H18O3. The summed E-state index contributed by atoms with van der Waals surface area (Å²) in [4.78, 5) is 0. The zero-order valence-corrected chi connectivity index (χ0v) is 11.5. The third kappa shape index (κ3) is 2.37. The van der Waals surface area contributed by atoms with E-state index in [0.717, 1.165) is 23.3 Å². The predicted molar refractivity (Wildman–Crippen MR) is 77.1 cm³/mol. The van der Waals surface area contributed by atoms with Crippen molar-refractivity contribution in [2.24, 2.45) is 0 Å². The Kier molecular flexibility index (Phi) is 3.61. The van der Waals surface area contributed by atoms with Gasteiger partial charge in [0, 0.05) is 6.42 Å². The van der Waals surface area contributed by atoms with E-state index in [0.29, 0.717) is 12.4 Å². The molecule has 0 amide bonds. The molecule has 0 spiro atoms. The average molecular weight is 270 g/mol. The molecular weight excluding hydrogens is 252 g/mol. The van der Waals surface area contributed by atoms with Crippen molar-refractivity contribution < 1.29 is 14.6 Å². The highest BCUT2D eigenvalue weighted by Gasteiger charge is 2.32. The first kappa shape index (κ1) is 13.0. The molecule has 3 nitrogen and oxygen atoms in total. The molecule has 2 atom stereocenters. The number of rotatable bonds is 4. The van der Waals surface area contributed by atoms with Gasteiger partial charge in [-0.25, -0.2) is 0 Å². The van der Waals surface area contributed by atoms with Crippen LogP contribution >= 0.6 is 0 Å². The molecule has 2 aromatic carbocycles. The maximum absolute atomic E-state index is 10.4. The molecule has 2 aromatic rings. The lowest BCUT2D eigenvalue weighted by molar-refractivity contribution is 0.0473. The fourth-order valence-electron chi connectivity index (χ4n) is 2.63. The second-order valence-corrected chi connectivity index (χ2v) is 4.88. The molecule has 0 bridgehead atoms. The molecule has 2 unspecified atom stereocenters. The first-order valence-corrected chi connectivity index (χ1v) is 6.94. The highest BCUT2D eigenvalue weighted by Crippen LogP contribution is 2.36. The maximum Gasteiger partial charge on any atom is 0.161 e. The zero-order valence-electron chi connectivity index (χ0n) is 11.5. The standard InChI is InChI=1S/C17H18O3/c1-2-19-14-9-5-6-10-15(14)20-16-11-12-7-3-4-8-13(12)17(16)18/h3-10,16-18H,2,11H2,1H3. The molecule has 1 N–H and O–H groups in total. The Morgan fingerprint density at radius 3 is 2.50 bits per heavy atom. The predicted octanol–water partition coefficient (Wildman–Crippen LogP) is 3.12. The van der Waals surface area contributed by atoms with Gasteiger partial charge in [0.05, 0.1) is 6.61 Å². The van der Waals surface area contributed by atoms with Crippen molar-refractivity contribution in [3.8, 4) is 11.5 Å². The van der Waals surface area contributed by atoms with Crippen molar-refractivity contribution in [2.45, 2.75) is 25.6 Å². The molecule has 3 heteroatoms. The van der Waals surface area contributed by atoms with Gasteiger partial charge >= 0.3 is 0 Å². The van der Waals surface area contributed by atoms with Crippen molar-refractivity contribution in [3.05, 3.63) is 59.7 Å². The molecule has 20 heavy (non-hydrogen) atoms. The second kappa shape index (κ2) is 5.55. The van der Waals surface area contributed by atoms with E-state index in [9.17, 15) is 5.11 Å². The van der Waals surface area contributed by atoms with Gasteiger partial charge in [-0.15, -0.1) is 0 Å². The first-order valence-electron chi connectivity index (χ1n) is 6.94.